The van der Waals surface area contributed by atoms with E-state index in [0.717, 1.165) is 117 Å². The number of hydrogen-bond donors (Lipinski definition) is 7. The maximum Gasteiger partial charge on any atom is 1.00 e. The van der Waals surface area contributed by atoms with E-state index in [2.05, 4.69) is 61.6 Å². The zero-order valence-corrected chi connectivity index (χ0v) is 77.6. The first-order valence-electron chi connectivity index (χ1n) is 41.8. The minimum atomic E-state index is -0.771. The van der Waals surface area contributed by atoms with Gasteiger partial charge in [-0.2, -0.15) is 0 Å². The van der Waals surface area contributed by atoms with Gasteiger partial charge in [-0.1, -0.05) is 135 Å². The summed E-state index contributed by atoms with van der Waals surface area (Å²) in [6.45, 7) is 15.4. The first kappa shape index (κ1) is 105. The summed E-state index contributed by atoms with van der Waals surface area (Å²) in [6.07, 6.45) is 22.9. The van der Waals surface area contributed by atoms with Crippen molar-refractivity contribution >= 4 is 192 Å². The molecule has 8 aromatic rings. The number of hydrogen-bond acceptors (Lipinski definition) is 20. The Labute approximate surface area is 793 Å². The third kappa shape index (κ3) is 36.0. The number of benzene rings is 4. The van der Waals surface area contributed by atoms with Gasteiger partial charge < -0.3 is 71.6 Å². The van der Waals surface area contributed by atoms with Gasteiger partial charge in [0.2, 0.25) is 5.91 Å². The van der Waals surface area contributed by atoms with Crippen molar-refractivity contribution in [2.75, 3.05) is 128 Å². The SMILES string of the molecule is C1CCNCC1.CCOC(=O)CC1CCN(c2ncc(Cl)cc2NC(=O)c2cccc(Cl)c2)CC1.CCOC(=O)CC1CCNCC1.O=C(Nc1cc(Cl)cnc1Cl)c1cccc(Cl)c1.O=C(Nc1cc(Cl)cnc1N1CCC(CC(=O)N2CCCCC2)CC1)c1cccc(Cl)c1.O=C(O)CC1CCN(c2ncc(Cl)cc2NC(=O)c2cccc(Cl)c2)CC1.[Li+].[OH-]. The Hall–Kier alpha value is -8.27. The fourth-order valence-electron chi connectivity index (χ4n) is 14.7. The van der Waals surface area contributed by atoms with Gasteiger partial charge in [-0.15, -0.1) is 0 Å². The van der Waals surface area contributed by atoms with Crippen LogP contribution in [0.5, 0.6) is 0 Å². The fraction of sp³-hybridized carbons (Fsp3) is 0.422. The third-order valence-electron chi connectivity index (χ3n) is 21.2. The third-order valence-corrected chi connectivity index (χ3v) is 23.3. The Morgan fingerprint density at radius 3 is 0.992 bits per heavy atom. The second-order valence-electron chi connectivity index (χ2n) is 30.5. The first-order chi connectivity index (χ1) is 59.8. The smallest absolute Gasteiger partial charge is 0.870 e. The number of esters is 2. The number of anilines is 7. The molecule has 6 aliphatic heterocycles. The number of pyridine rings is 4. The molecule has 6 aliphatic rings. The quantitative estimate of drug-likeness (QED) is 0.0200. The molecule has 4 aromatic carbocycles. The van der Waals surface area contributed by atoms with E-state index in [4.69, 9.17) is 119 Å². The Kier molecular flexibility index (Phi) is 46.2. The number of carbonyl (C=O) groups is 8. The summed E-state index contributed by atoms with van der Waals surface area (Å²) in [5.41, 5.74) is 3.79. The predicted molar refractivity (Wildman–Crippen MR) is 498 cm³/mol. The zero-order chi connectivity index (χ0) is 88.9. The summed E-state index contributed by atoms with van der Waals surface area (Å²) in [7, 11) is 0. The van der Waals surface area contributed by atoms with Crippen molar-refractivity contribution < 1.29 is 77.3 Å². The van der Waals surface area contributed by atoms with E-state index in [1.807, 2.05) is 23.6 Å². The topological polar surface area (TPSA) is 342 Å². The van der Waals surface area contributed by atoms with Crippen molar-refractivity contribution in [3.05, 3.63) is 214 Å². The molecule has 0 spiro atoms. The molecule has 8 N–H and O–H groups in total. The molecule has 36 heteroatoms. The molecule has 0 aliphatic carbocycles. The zero-order valence-electron chi connectivity index (χ0n) is 70.7. The van der Waals surface area contributed by atoms with Crippen LogP contribution in [-0.2, 0) is 28.7 Å². The van der Waals surface area contributed by atoms with Crippen LogP contribution in [0.15, 0.2) is 146 Å². The molecule has 6 saturated heterocycles. The van der Waals surface area contributed by atoms with E-state index < -0.39 is 5.97 Å². The molecular weight excluding hydrogens is 1800 g/mol. The number of carbonyl (C=O) groups excluding carboxylic acids is 7. The number of likely N-dealkylation sites (tertiary alicyclic amines) is 1. The van der Waals surface area contributed by atoms with Crippen LogP contribution >= 0.6 is 104 Å². The van der Waals surface area contributed by atoms with Gasteiger partial charge in [0.25, 0.3) is 23.6 Å². The Bertz CT molecular complexity index is 4850. The molecule has 0 saturated carbocycles. The summed E-state index contributed by atoms with van der Waals surface area (Å²) in [6, 6.07) is 33.4. The van der Waals surface area contributed by atoms with E-state index in [1.54, 1.807) is 128 Å². The molecule has 10 heterocycles. The average molecular weight is 1900 g/mol. The number of carboxylic acid groups (broad SMARTS) is 1. The average Bonchev–Trinajstić information content (AvgIpc) is 0.822. The number of amides is 5. The molecule has 0 radical (unpaired) electrons. The number of ether oxygens (including phenoxy) is 2. The monoisotopic (exact) mass is 1900 g/mol. The van der Waals surface area contributed by atoms with Crippen molar-refractivity contribution in [1.29, 1.82) is 0 Å². The molecule has 26 nitrogen and oxygen atoms in total. The standard InChI is InChI=1S/C24H28Cl2N4O2.C21H23Cl2N3O3.C19H19Cl2N3O3.C12H7Cl3N2O.C9H17NO2.C5H11N.Li.H2O/c25-19-6-4-5-18(14-19)24(32)28-21-15-20(26)16-27-23(21)30-11-7-17(8-12-30)13-22(31)29-9-2-1-3-10-29;1-2-29-19(27)10-14-6-8-26(9-7-14)20-18(12-17(23)13-24-20)25-21(28)15-4-3-5-16(22)11-15;20-14-3-1-2-13(9-14)19(27)23-16-10-15(21)11-22-18(16)24-6-4-12(5-7-24)8-17(25)26;13-8-3-1-2-7(4-8)12(18)17-10-5-9(14)6-16-11(10)15;1-2-12-9(11)7-8-3-5-10-6-4-8;1-2-4-6-5-3-1;;/h4-6,14-17H,1-3,7-13H2,(H,28,32);3-5,11-14H,2,6-10H2,1H3,(H,25,28);1-3,9-12H,4-8H2,(H,23,27)(H,25,26);1-6H,(H,17,18);8,10H,2-7H2,1H3;6H,1-5H2;;1H2/q;;;;;;+1;/p-1. The van der Waals surface area contributed by atoms with Crippen molar-refractivity contribution in [2.24, 2.45) is 23.7 Å². The van der Waals surface area contributed by atoms with Crippen LogP contribution in [0.3, 0.4) is 0 Å². The van der Waals surface area contributed by atoms with Gasteiger partial charge in [0.05, 0.1) is 56.1 Å². The van der Waals surface area contributed by atoms with Crippen LogP contribution in [0.25, 0.3) is 0 Å². The molecule has 126 heavy (non-hydrogen) atoms. The maximum absolute atomic E-state index is 12.7. The Morgan fingerprint density at radius 2 is 0.675 bits per heavy atom. The second kappa shape index (κ2) is 55.6. The van der Waals surface area contributed by atoms with Crippen molar-refractivity contribution in [1.82, 2.24) is 35.5 Å². The number of piperidine rings is 6. The van der Waals surface area contributed by atoms with Gasteiger partial charge in [-0.3, -0.25) is 38.4 Å². The maximum atomic E-state index is 12.7. The summed E-state index contributed by atoms with van der Waals surface area (Å²) in [4.78, 5) is 122. The molecule has 4 aromatic heterocycles. The molecule has 6 fully saturated rings. The van der Waals surface area contributed by atoms with Crippen LogP contribution in [0.2, 0.25) is 45.3 Å². The number of carboxylic acids is 1. The minimum absolute atomic E-state index is 0. The van der Waals surface area contributed by atoms with Crippen molar-refractivity contribution in [2.45, 2.75) is 129 Å². The molecule has 0 atom stereocenters. The molecule has 0 bridgehead atoms. The predicted octanol–water partition coefficient (Wildman–Crippen LogP) is 17.2. The summed E-state index contributed by atoms with van der Waals surface area (Å²) >= 11 is 53.8. The Morgan fingerprint density at radius 1 is 0.373 bits per heavy atom. The minimum Gasteiger partial charge on any atom is -0.870 e. The van der Waals surface area contributed by atoms with E-state index in [0.29, 0.717) is 172 Å². The van der Waals surface area contributed by atoms with E-state index in [-0.39, 0.29) is 77.4 Å². The van der Waals surface area contributed by atoms with Gasteiger partial charge >= 0.3 is 36.8 Å². The Balaban J connectivity index is 0.000000217. The van der Waals surface area contributed by atoms with Crippen LogP contribution in [0.1, 0.15) is 171 Å². The van der Waals surface area contributed by atoms with Crippen LogP contribution in [0, 0.1) is 23.7 Å². The van der Waals surface area contributed by atoms with Gasteiger partial charge in [0.15, 0.2) is 22.6 Å². The molecule has 5 amide bonds. The fourth-order valence-corrected chi connectivity index (χ4v) is 16.3. The van der Waals surface area contributed by atoms with Gasteiger partial charge in [-0.05, 0) is 244 Å². The van der Waals surface area contributed by atoms with Crippen molar-refractivity contribution in [3.63, 3.8) is 0 Å². The van der Waals surface area contributed by atoms with Crippen LogP contribution in [0.4, 0.5) is 40.2 Å². The number of halogens is 9. The number of rotatable bonds is 21. The summed E-state index contributed by atoms with van der Waals surface area (Å²) in [5, 5.41) is 30.6. The van der Waals surface area contributed by atoms with Crippen molar-refractivity contribution in [3.8, 4) is 0 Å². The van der Waals surface area contributed by atoms with E-state index in [9.17, 15) is 38.4 Å². The number of nitrogens with zero attached hydrogens (tertiary/aromatic N) is 8. The normalized spacial score (nSPS) is 15.3. The first-order valence-corrected chi connectivity index (χ1v) is 45.2. The van der Waals surface area contributed by atoms with Gasteiger partial charge in [-0.25, -0.2) is 19.9 Å². The van der Waals surface area contributed by atoms with E-state index in [1.165, 1.54) is 57.2 Å². The number of aromatic nitrogens is 4. The molecule has 0 unspecified atom stereocenters. The van der Waals surface area contributed by atoms with Crippen LogP contribution in [-0.4, -0.2) is 175 Å². The van der Waals surface area contributed by atoms with E-state index >= 15 is 0 Å². The largest absolute Gasteiger partial charge is 1.00 e. The summed E-state index contributed by atoms with van der Waals surface area (Å²) < 4.78 is 9.93. The van der Waals surface area contributed by atoms with Gasteiger partial charge in [0.1, 0.15) is 0 Å². The molecule has 14 rings (SSSR count). The van der Waals surface area contributed by atoms with Crippen LogP contribution < -0.4 is 65.5 Å². The number of aliphatic carboxylic acids is 1. The second-order valence-corrected chi connectivity index (χ2v) is 34.3. The molecular formula is C90H106Cl9LiN14O12. The van der Waals surface area contributed by atoms with Gasteiger partial charge in [0, 0.05) is 145 Å². The molecule has 672 valence electrons. The summed E-state index contributed by atoms with van der Waals surface area (Å²) in [5.74, 6) is 1.54. The number of nitrogens with one attached hydrogen (secondary N) is 6.